The molecule has 0 saturated carbocycles. The molecule has 0 aromatic heterocycles. The third-order valence-corrected chi connectivity index (χ3v) is 4.55. The van der Waals surface area contributed by atoms with Crippen molar-refractivity contribution in [2.24, 2.45) is 0 Å². The van der Waals surface area contributed by atoms with E-state index in [0.717, 1.165) is 11.3 Å². The van der Waals surface area contributed by atoms with Crippen LogP contribution in [0.15, 0.2) is 59.5 Å². The second kappa shape index (κ2) is 9.35. The zero-order valence-electron chi connectivity index (χ0n) is 13.2. The van der Waals surface area contributed by atoms with Gasteiger partial charge in [0.1, 0.15) is 6.04 Å². The van der Waals surface area contributed by atoms with Crippen molar-refractivity contribution in [3.8, 4) is 0 Å². The molecule has 0 fully saturated rings. The molecular formula is C18H22N2O2S. The highest BCUT2D eigenvalue weighted by Gasteiger charge is 2.14. The number of benzene rings is 2. The predicted molar refractivity (Wildman–Crippen MR) is 94.2 cm³/mol. The topological polar surface area (TPSA) is 61.4 Å². The summed E-state index contributed by atoms with van der Waals surface area (Å²) in [6.45, 7) is 0.326. The molecule has 0 aliphatic carbocycles. The van der Waals surface area contributed by atoms with Gasteiger partial charge in [-0.3, -0.25) is 10.1 Å². The summed E-state index contributed by atoms with van der Waals surface area (Å²) in [5.41, 5.74) is 2.39. The van der Waals surface area contributed by atoms with E-state index in [1.54, 1.807) is 18.8 Å². The largest absolute Gasteiger partial charge is 0.394 e. The first-order valence-electron chi connectivity index (χ1n) is 7.54. The highest BCUT2D eigenvalue weighted by atomic mass is 32.2. The third kappa shape index (κ3) is 5.71. The van der Waals surface area contributed by atoms with Crippen LogP contribution in [0.25, 0.3) is 0 Å². The molecule has 2 aromatic rings. The molecule has 3 N–H and O–H groups in total. The van der Waals surface area contributed by atoms with Gasteiger partial charge in [0.05, 0.1) is 6.61 Å². The van der Waals surface area contributed by atoms with E-state index in [9.17, 15) is 9.90 Å². The number of likely N-dealkylation sites (N-methyl/N-ethyl adjacent to an activating group) is 1. The minimum atomic E-state index is -0.577. The summed E-state index contributed by atoms with van der Waals surface area (Å²) in [4.78, 5) is 12.7. The minimum absolute atomic E-state index is 0.206. The summed E-state index contributed by atoms with van der Waals surface area (Å²) in [5.74, 6) is 0.740. The fraction of sp³-hybridized carbons (Fsp3) is 0.278. The Morgan fingerprint density at radius 1 is 1.09 bits per heavy atom. The smallest absolute Gasteiger partial charge is 0.239 e. The van der Waals surface area contributed by atoms with Crippen molar-refractivity contribution in [2.45, 2.75) is 23.2 Å². The molecule has 0 spiro atoms. The van der Waals surface area contributed by atoms with Gasteiger partial charge in [-0.25, -0.2) is 0 Å². The Morgan fingerprint density at radius 3 is 2.39 bits per heavy atom. The lowest BCUT2D eigenvalue weighted by molar-refractivity contribution is -0.123. The van der Waals surface area contributed by atoms with E-state index in [4.69, 9.17) is 0 Å². The van der Waals surface area contributed by atoms with Gasteiger partial charge in [0, 0.05) is 24.2 Å². The SMILES string of the molecule is CNC(=O)C(CO)NCc1ccc(SCc2ccccc2)cc1. The number of carbonyl (C=O) groups is 1. The second-order valence-corrected chi connectivity index (χ2v) is 6.20. The van der Waals surface area contributed by atoms with Crippen LogP contribution in [-0.4, -0.2) is 30.7 Å². The van der Waals surface area contributed by atoms with E-state index in [2.05, 4.69) is 47.0 Å². The van der Waals surface area contributed by atoms with Crippen molar-refractivity contribution in [3.63, 3.8) is 0 Å². The van der Waals surface area contributed by atoms with Crippen LogP contribution >= 0.6 is 11.8 Å². The van der Waals surface area contributed by atoms with E-state index < -0.39 is 6.04 Å². The van der Waals surface area contributed by atoms with Crippen LogP contribution in [0.5, 0.6) is 0 Å². The Hall–Kier alpha value is -1.82. The van der Waals surface area contributed by atoms with Crippen LogP contribution in [0, 0.1) is 0 Å². The maximum absolute atomic E-state index is 11.5. The molecule has 2 rings (SSSR count). The summed E-state index contributed by atoms with van der Waals surface area (Å²) in [6, 6.07) is 18.0. The van der Waals surface area contributed by atoms with E-state index >= 15 is 0 Å². The molecule has 0 aliphatic rings. The zero-order chi connectivity index (χ0) is 16.5. The molecule has 5 heteroatoms. The number of carbonyl (C=O) groups excluding carboxylic acids is 1. The van der Waals surface area contributed by atoms with Gasteiger partial charge in [-0.15, -0.1) is 11.8 Å². The second-order valence-electron chi connectivity index (χ2n) is 5.15. The van der Waals surface area contributed by atoms with Gasteiger partial charge in [-0.05, 0) is 23.3 Å². The number of aliphatic hydroxyl groups is 1. The molecule has 122 valence electrons. The Balaban J connectivity index is 1.83. The van der Waals surface area contributed by atoms with Gasteiger partial charge in [0.15, 0.2) is 0 Å². The summed E-state index contributed by atoms with van der Waals surface area (Å²) in [5, 5.41) is 14.8. The molecule has 23 heavy (non-hydrogen) atoms. The highest BCUT2D eigenvalue weighted by molar-refractivity contribution is 7.98. The summed E-state index contributed by atoms with van der Waals surface area (Å²) < 4.78 is 0. The van der Waals surface area contributed by atoms with E-state index in [-0.39, 0.29) is 12.5 Å². The Labute approximate surface area is 141 Å². The lowest BCUT2D eigenvalue weighted by atomic mass is 10.2. The highest BCUT2D eigenvalue weighted by Crippen LogP contribution is 2.22. The number of hydrogen-bond donors (Lipinski definition) is 3. The molecule has 4 nitrogen and oxygen atoms in total. The first kappa shape index (κ1) is 17.5. The van der Waals surface area contributed by atoms with Crippen molar-refractivity contribution in [2.75, 3.05) is 13.7 Å². The quantitative estimate of drug-likeness (QED) is 0.649. The monoisotopic (exact) mass is 330 g/mol. The predicted octanol–water partition coefficient (Wildman–Crippen LogP) is 2.18. The molecule has 1 amide bonds. The van der Waals surface area contributed by atoms with Gasteiger partial charge in [-0.1, -0.05) is 42.5 Å². The first-order chi connectivity index (χ1) is 11.2. The first-order valence-corrected chi connectivity index (χ1v) is 8.53. The summed E-state index contributed by atoms with van der Waals surface area (Å²) in [6.07, 6.45) is 0. The van der Waals surface area contributed by atoms with Gasteiger partial charge < -0.3 is 10.4 Å². The van der Waals surface area contributed by atoms with Crippen LogP contribution in [0.4, 0.5) is 0 Å². The van der Waals surface area contributed by atoms with E-state index in [1.807, 2.05) is 18.2 Å². The molecule has 1 atom stereocenters. The van der Waals surface area contributed by atoms with Gasteiger partial charge in [0.2, 0.25) is 5.91 Å². The number of rotatable bonds is 8. The van der Waals surface area contributed by atoms with Crippen molar-refractivity contribution in [3.05, 3.63) is 65.7 Å². The van der Waals surface area contributed by atoms with Crippen LogP contribution < -0.4 is 10.6 Å². The average molecular weight is 330 g/mol. The maximum atomic E-state index is 11.5. The summed E-state index contributed by atoms with van der Waals surface area (Å²) in [7, 11) is 1.56. The molecule has 0 heterocycles. The Bertz CT molecular complexity index is 602. The van der Waals surface area contributed by atoms with E-state index in [0.29, 0.717) is 6.54 Å². The van der Waals surface area contributed by atoms with Crippen molar-refractivity contribution >= 4 is 17.7 Å². The lowest BCUT2D eigenvalue weighted by Crippen LogP contribution is -2.44. The van der Waals surface area contributed by atoms with Gasteiger partial charge in [-0.2, -0.15) is 0 Å². The maximum Gasteiger partial charge on any atom is 0.239 e. The minimum Gasteiger partial charge on any atom is -0.394 e. The molecule has 0 aliphatic heterocycles. The van der Waals surface area contributed by atoms with Gasteiger partial charge in [0.25, 0.3) is 0 Å². The van der Waals surface area contributed by atoms with Crippen LogP contribution in [0.3, 0.4) is 0 Å². The van der Waals surface area contributed by atoms with Crippen molar-refractivity contribution in [1.29, 1.82) is 0 Å². The third-order valence-electron chi connectivity index (χ3n) is 3.47. The standard InChI is InChI=1S/C18H22N2O2S/c1-19-18(22)17(12-21)20-11-14-7-9-16(10-8-14)23-13-15-5-3-2-4-6-15/h2-10,17,20-21H,11-13H2,1H3,(H,19,22). The summed E-state index contributed by atoms with van der Waals surface area (Å²) >= 11 is 1.80. The van der Waals surface area contributed by atoms with E-state index in [1.165, 1.54) is 10.5 Å². The number of aliphatic hydroxyl groups excluding tert-OH is 1. The molecule has 0 saturated heterocycles. The fourth-order valence-corrected chi connectivity index (χ4v) is 2.95. The van der Waals surface area contributed by atoms with Crippen molar-refractivity contribution in [1.82, 2.24) is 10.6 Å². The van der Waals surface area contributed by atoms with Crippen molar-refractivity contribution < 1.29 is 9.90 Å². The normalized spacial score (nSPS) is 11.9. The molecule has 1 unspecified atom stereocenters. The molecular weight excluding hydrogens is 308 g/mol. The zero-order valence-corrected chi connectivity index (χ0v) is 14.0. The van der Waals surface area contributed by atoms with Crippen LogP contribution in [-0.2, 0) is 17.1 Å². The number of amides is 1. The Kier molecular flexibility index (Phi) is 7.13. The lowest BCUT2D eigenvalue weighted by Gasteiger charge is -2.14. The number of hydrogen-bond acceptors (Lipinski definition) is 4. The molecule has 0 bridgehead atoms. The Morgan fingerprint density at radius 2 is 1.78 bits per heavy atom. The van der Waals surface area contributed by atoms with Gasteiger partial charge >= 0.3 is 0 Å². The average Bonchev–Trinajstić information content (AvgIpc) is 2.62. The number of thioether (sulfide) groups is 1. The van der Waals surface area contributed by atoms with Crippen LogP contribution in [0.2, 0.25) is 0 Å². The number of nitrogens with one attached hydrogen (secondary N) is 2. The molecule has 2 aromatic carbocycles. The van der Waals surface area contributed by atoms with Crippen LogP contribution in [0.1, 0.15) is 11.1 Å². The fourth-order valence-electron chi connectivity index (χ4n) is 2.10. The molecule has 0 radical (unpaired) electrons.